The van der Waals surface area contributed by atoms with E-state index in [1.54, 1.807) is 23.1 Å². The summed E-state index contributed by atoms with van der Waals surface area (Å²) in [6.07, 6.45) is 2.09. The Hall–Kier alpha value is -1.31. The van der Waals surface area contributed by atoms with Gasteiger partial charge in [0, 0.05) is 37.1 Å². The Morgan fingerprint density at radius 2 is 1.96 bits per heavy atom. The molecule has 0 aliphatic carbocycles. The molecule has 5 nitrogen and oxygen atoms in total. The molecule has 1 atom stereocenters. The van der Waals surface area contributed by atoms with Crippen molar-refractivity contribution in [3.63, 3.8) is 0 Å². The fourth-order valence-corrected chi connectivity index (χ4v) is 4.76. The normalized spacial score (nSPS) is 17.2. The number of thiazole rings is 1. The van der Waals surface area contributed by atoms with E-state index in [0.29, 0.717) is 0 Å². The highest BCUT2D eigenvalue weighted by Crippen LogP contribution is 2.34. The van der Waals surface area contributed by atoms with Gasteiger partial charge in [-0.3, -0.25) is 9.69 Å². The number of nitrogens with one attached hydrogen (secondary N) is 1. The lowest BCUT2D eigenvalue weighted by atomic mass is 10.2. The number of hydrogen-bond donors (Lipinski definition) is 1. The van der Waals surface area contributed by atoms with Crippen LogP contribution in [0.15, 0.2) is 23.1 Å². The molecular weight excluding hydrogens is 352 g/mol. The van der Waals surface area contributed by atoms with Crippen LogP contribution >= 0.6 is 23.1 Å². The van der Waals surface area contributed by atoms with Gasteiger partial charge in [0.15, 0.2) is 5.13 Å². The van der Waals surface area contributed by atoms with Crippen LogP contribution in [0.5, 0.6) is 0 Å². The van der Waals surface area contributed by atoms with Gasteiger partial charge in [0.2, 0.25) is 5.91 Å². The zero-order valence-corrected chi connectivity index (χ0v) is 16.9. The van der Waals surface area contributed by atoms with Crippen LogP contribution in [0.2, 0.25) is 0 Å². The molecule has 1 fully saturated rings. The quantitative estimate of drug-likeness (QED) is 0.811. The van der Waals surface area contributed by atoms with Gasteiger partial charge in [-0.1, -0.05) is 17.4 Å². The lowest BCUT2D eigenvalue weighted by Gasteiger charge is -2.37. The number of carbonyl (C=O) groups is 1. The number of piperazine rings is 1. The van der Waals surface area contributed by atoms with Gasteiger partial charge in [-0.2, -0.15) is 0 Å². The molecule has 1 aromatic carbocycles. The van der Waals surface area contributed by atoms with Gasteiger partial charge < -0.3 is 10.2 Å². The molecule has 25 heavy (non-hydrogen) atoms. The number of amides is 1. The maximum absolute atomic E-state index is 12.2. The summed E-state index contributed by atoms with van der Waals surface area (Å²) in [7, 11) is 0. The number of fused-ring (bicyclic) bond motifs is 1. The van der Waals surface area contributed by atoms with E-state index in [0.717, 1.165) is 36.8 Å². The van der Waals surface area contributed by atoms with Crippen molar-refractivity contribution in [1.29, 1.82) is 0 Å². The van der Waals surface area contributed by atoms with Crippen LogP contribution in [0, 0.1) is 0 Å². The van der Waals surface area contributed by atoms with Gasteiger partial charge in [-0.05, 0) is 39.2 Å². The van der Waals surface area contributed by atoms with Crippen LogP contribution in [-0.2, 0) is 4.79 Å². The van der Waals surface area contributed by atoms with E-state index < -0.39 is 0 Å². The number of hydrogen-bond acceptors (Lipinski definition) is 6. The predicted octanol–water partition coefficient (Wildman–Crippen LogP) is 3.05. The highest BCUT2D eigenvalue weighted by molar-refractivity contribution is 7.98. The van der Waals surface area contributed by atoms with Crippen molar-refractivity contribution < 1.29 is 4.79 Å². The zero-order valence-electron chi connectivity index (χ0n) is 15.3. The molecule has 3 rings (SSSR count). The Kier molecular flexibility index (Phi) is 5.86. The molecule has 1 aliphatic rings. The molecule has 2 aromatic rings. The minimum Gasteiger partial charge on any atom is -0.353 e. The highest BCUT2D eigenvalue weighted by atomic mass is 32.2. The van der Waals surface area contributed by atoms with Crippen molar-refractivity contribution in [2.45, 2.75) is 37.8 Å². The van der Waals surface area contributed by atoms with Gasteiger partial charge in [0.1, 0.15) is 0 Å². The monoisotopic (exact) mass is 378 g/mol. The first-order chi connectivity index (χ1) is 12.0. The van der Waals surface area contributed by atoms with E-state index in [1.807, 2.05) is 20.8 Å². The molecule has 1 aromatic heterocycles. The van der Waals surface area contributed by atoms with Crippen LogP contribution in [0.25, 0.3) is 10.2 Å². The van der Waals surface area contributed by atoms with Crippen molar-refractivity contribution in [2.24, 2.45) is 0 Å². The lowest BCUT2D eigenvalue weighted by molar-refractivity contribution is -0.126. The second-order valence-corrected chi connectivity index (χ2v) is 8.52. The SMILES string of the molecule is CSc1cccc2sc(N3CCN(C(C)C(=O)NC(C)C)CC3)nc12. The van der Waals surface area contributed by atoms with Crippen molar-refractivity contribution >= 4 is 44.4 Å². The number of aromatic nitrogens is 1. The van der Waals surface area contributed by atoms with E-state index in [4.69, 9.17) is 4.98 Å². The van der Waals surface area contributed by atoms with E-state index in [1.165, 1.54) is 9.60 Å². The molecule has 0 radical (unpaired) electrons. The van der Waals surface area contributed by atoms with E-state index >= 15 is 0 Å². The smallest absolute Gasteiger partial charge is 0.237 e. The number of rotatable bonds is 5. The molecule has 1 unspecified atom stereocenters. The number of benzene rings is 1. The summed E-state index contributed by atoms with van der Waals surface area (Å²) < 4.78 is 1.24. The third kappa shape index (κ3) is 4.10. The van der Waals surface area contributed by atoms with Crippen molar-refractivity contribution in [2.75, 3.05) is 37.3 Å². The molecule has 2 heterocycles. The number of thioether (sulfide) groups is 1. The molecule has 1 saturated heterocycles. The van der Waals surface area contributed by atoms with Crippen LogP contribution in [0.1, 0.15) is 20.8 Å². The first-order valence-corrected chi connectivity index (χ1v) is 10.8. The van der Waals surface area contributed by atoms with E-state index in [-0.39, 0.29) is 18.0 Å². The van der Waals surface area contributed by atoms with Crippen molar-refractivity contribution in [3.8, 4) is 0 Å². The number of nitrogens with zero attached hydrogens (tertiary/aromatic N) is 3. The Morgan fingerprint density at radius 1 is 1.24 bits per heavy atom. The number of anilines is 1. The Bertz CT molecular complexity index is 738. The molecule has 1 amide bonds. The second kappa shape index (κ2) is 7.93. The molecule has 0 bridgehead atoms. The van der Waals surface area contributed by atoms with Crippen LogP contribution < -0.4 is 10.2 Å². The second-order valence-electron chi connectivity index (χ2n) is 6.67. The summed E-state index contributed by atoms with van der Waals surface area (Å²) in [4.78, 5) is 22.9. The number of carbonyl (C=O) groups excluding carboxylic acids is 1. The maximum atomic E-state index is 12.2. The fourth-order valence-electron chi connectivity index (χ4n) is 3.08. The molecule has 136 valence electrons. The number of para-hydroxylation sites is 1. The Morgan fingerprint density at radius 3 is 2.60 bits per heavy atom. The summed E-state index contributed by atoms with van der Waals surface area (Å²) in [5.74, 6) is 0.119. The summed E-state index contributed by atoms with van der Waals surface area (Å²) in [5.41, 5.74) is 1.11. The first-order valence-electron chi connectivity index (χ1n) is 8.72. The summed E-state index contributed by atoms with van der Waals surface area (Å²) >= 11 is 3.50. The van der Waals surface area contributed by atoms with Gasteiger partial charge in [-0.15, -0.1) is 11.8 Å². The summed E-state index contributed by atoms with van der Waals surface area (Å²) in [5, 5.41) is 4.10. The molecule has 0 spiro atoms. The summed E-state index contributed by atoms with van der Waals surface area (Å²) in [6.45, 7) is 9.59. The van der Waals surface area contributed by atoms with Gasteiger partial charge in [0.05, 0.1) is 16.3 Å². The van der Waals surface area contributed by atoms with Crippen LogP contribution in [0.4, 0.5) is 5.13 Å². The highest BCUT2D eigenvalue weighted by Gasteiger charge is 2.27. The van der Waals surface area contributed by atoms with E-state index in [9.17, 15) is 4.79 Å². The fraction of sp³-hybridized carbons (Fsp3) is 0.556. The van der Waals surface area contributed by atoms with Crippen LogP contribution in [-0.4, -0.2) is 60.3 Å². The predicted molar refractivity (Wildman–Crippen MR) is 108 cm³/mol. The van der Waals surface area contributed by atoms with Gasteiger partial charge in [0.25, 0.3) is 0 Å². The molecule has 1 aliphatic heterocycles. The Labute approximate surface area is 157 Å². The molecule has 1 N–H and O–H groups in total. The molecular formula is C18H26N4OS2. The maximum Gasteiger partial charge on any atom is 0.237 e. The lowest BCUT2D eigenvalue weighted by Crippen LogP contribution is -2.54. The molecule has 7 heteroatoms. The first kappa shape index (κ1) is 18.5. The average Bonchev–Trinajstić information content (AvgIpc) is 3.04. The largest absolute Gasteiger partial charge is 0.353 e. The average molecular weight is 379 g/mol. The minimum atomic E-state index is -0.0805. The standard InChI is InChI=1S/C18H26N4OS2/c1-12(2)19-17(23)13(3)21-8-10-22(11-9-21)18-20-16-14(24-4)6-5-7-15(16)25-18/h5-7,12-13H,8-11H2,1-4H3,(H,19,23). The third-order valence-corrected chi connectivity index (χ3v) is 6.38. The summed E-state index contributed by atoms with van der Waals surface area (Å²) in [6, 6.07) is 6.48. The molecule has 0 saturated carbocycles. The third-order valence-electron chi connectivity index (χ3n) is 4.53. The van der Waals surface area contributed by atoms with Crippen molar-refractivity contribution in [3.05, 3.63) is 18.2 Å². The zero-order chi connectivity index (χ0) is 18.0. The Balaban J connectivity index is 1.65. The van der Waals surface area contributed by atoms with Gasteiger partial charge in [-0.25, -0.2) is 4.98 Å². The topological polar surface area (TPSA) is 48.5 Å². The minimum absolute atomic E-state index is 0.0805. The van der Waals surface area contributed by atoms with E-state index in [2.05, 4.69) is 39.6 Å². The van der Waals surface area contributed by atoms with Crippen LogP contribution in [0.3, 0.4) is 0 Å². The van der Waals surface area contributed by atoms with Gasteiger partial charge >= 0.3 is 0 Å². The van der Waals surface area contributed by atoms with Crippen molar-refractivity contribution in [1.82, 2.24) is 15.2 Å².